The zero-order valence-electron chi connectivity index (χ0n) is 18.1. The number of rotatable bonds is 2. The second-order valence-electron chi connectivity index (χ2n) is 8.74. The van der Waals surface area contributed by atoms with Crippen molar-refractivity contribution in [2.75, 3.05) is 0 Å². The van der Waals surface area contributed by atoms with Crippen molar-refractivity contribution in [3.05, 3.63) is 57.4 Å². The molecule has 2 aliphatic rings. The molecule has 4 aromatic rings. The maximum atomic E-state index is 12.2. The molecule has 6 nitrogen and oxygen atoms in total. The van der Waals surface area contributed by atoms with Crippen molar-refractivity contribution < 1.29 is 0 Å². The monoisotopic (exact) mass is 468 g/mol. The summed E-state index contributed by atoms with van der Waals surface area (Å²) in [6.45, 7) is 0. The molecule has 0 amide bonds. The molecule has 0 aromatic carbocycles. The molecular formula is C24H28N4O2S2. The lowest BCUT2D eigenvalue weighted by atomic mass is 9.96. The third-order valence-corrected chi connectivity index (χ3v) is 8.90. The van der Waals surface area contributed by atoms with Crippen molar-refractivity contribution >= 4 is 43.5 Å². The van der Waals surface area contributed by atoms with Crippen LogP contribution >= 0.6 is 23.1 Å². The highest BCUT2D eigenvalue weighted by Crippen LogP contribution is 2.31. The second kappa shape index (κ2) is 9.67. The van der Waals surface area contributed by atoms with Gasteiger partial charge in [0.1, 0.15) is 9.66 Å². The quantitative estimate of drug-likeness (QED) is 0.366. The molecule has 4 aromatic heterocycles. The molecule has 4 heterocycles. The van der Waals surface area contributed by atoms with Crippen LogP contribution in [-0.2, 0) is 0 Å². The van der Waals surface area contributed by atoms with E-state index in [9.17, 15) is 9.59 Å². The Balaban J connectivity index is 0.000000135. The summed E-state index contributed by atoms with van der Waals surface area (Å²) < 4.78 is 3.88. The molecule has 0 aliphatic heterocycles. The fraction of sp³-hybridized carbons (Fsp3) is 0.500. The minimum atomic E-state index is 0.153. The van der Waals surface area contributed by atoms with E-state index in [1.165, 1.54) is 61.6 Å². The van der Waals surface area contributed by atoms with Gasteiger partial charge < -0.3 is 0 Å². The zero-order chi connectivity index (χ0) is 21.9. The van der Waals surface area contributed by atoms with Gasteiger partial charge in [-0.15, -0.1) is 0 Å². The van der Waals surface area contributed by atoms with Crippen LogP contribution in [0.25, 0.3) is 20.4 Å². The van der Waals surface area contributed by atoms with E-state index in [-0.39, 0.29) is 11.1 Å². The molecule has 0 bridgehead atoms. The van der Waals surface area contributed by atoms with Gasteiger partial charge in [0, 0.05) is 24.5 Å². The number of pyridine rings is 2. The summed E-state index contributed by atoms with van der Waals surface area (Å²) in [6.07, 6.45) is 15.7. The van der Waals surface area contributed by atoms with E-state index in [2.05, 4.69) is 9.97 Å². The van der Waals surface area contributed by atoms with Crippen molar-refractivity contribution in [1.82, 2.24) is 17.9 Å². The van der Waals surface area contributed by atoms with Crippen molar-refractivity contribution in [2.45, 2.75) is 76.3 Å². The molecule has 2 aliphatic carbocycles. The lowest BCUT2D eigenvalue weighted by Gasteiger charge is -2.21. The molecule has 32 heavy (non-hydrogen) atoms. The smallest absolute Gasteiger partial charge is 0.268 e. The standard InChI is InChI=1S/2C12H14N2OS/c2*15-12-10-7-4-8-13-11(10)16-14(12)9-5-2-1-3-6-9/h2*4,7-9H,1-3,5-6H2. The van der Waals surface area contributed by atoms with Gasteiger partial charge in [-0.1, -0.05) is 38.5 Å². The first-order valence-electron chi connectivity index (χ1n) is 11.7. The van der Waals surface area contributed by atoms with Crippen LogP contribution < -0.4 is 11.1 Å². The minimum Gasteiger partial charge on any atom is -0.268 e. The van der Waals surface area contributed by atoms with Crippen molar-refractivity contribution in [2.24, 2.45) is 0 Å². The summed E-state index contributed by atoms with van der Waals surface area (Å²) in [4.78, 5) is 34.6. The molecule has 2 saturated carbocycles. The number of nitrogens with zero attached hydrogens (tertiary/aromatic N) is 4. The normalized spacial score (nSPS) is 18.0. The van der Waals surface area contributed by atoms with E-state index in [4.69, 9.17) is 0 Å². The summed E-state index contributed by atoms with van der Waals surface area (Å²) in [6, 6.07) is 8.26. The highest BCUT2D eigenvalue weighted by Gasteiger charge is 2.20. The van der Waals surface area contributed by atoms with E-state index in [1.54, 1.807) is 12.4 Å². The van der Waals surface area contributed by atoms with Gasteiger partial charge in [0.15, 0.2) is 0 Å². The highest BCUT2D eigenvalue weighted by atomic mass is 32.1. The SMILES string of the molecule is O=c1c2cccnc2sn1C1CCCCC1.O=c1c2cccnc2sn1C1CCCCC1. The van der Waals surface area contributed by atoms with Gasteiger partial charge in [0.25, 0.3) is 11.1 Å². The summed E-state index contributed by atoms with van der Waals surface area (Å²) in [5.74, 6) is 0. The van der Waals surface area contributed by atoms with Crippen LogP contribution in [-0.4, -0.2) is 17.9 Å². The van der Waals surface area contributed by atoms with Crippen LogP contribution in [0.5, 0.6) is 0 Å². The minimum absolute atomic E-state index is 0.153. The van der Waals surface area contributed by atoms with E-state index < -0.39 is 0 Å². The summed E-state index contributed by atoms with van der Waals surface area (Å²) in [7, 11) is 0. The highest BCUT2D eigenvalue weighted by molar-refractivity contribution is 7.13. The summed E-state index contributed by atoms with van der Waals surface area (Å²) in [5, 5.41) is 1.55. The van der Waals surface area contributed by atoms with Crippen molar-refractivity contribution in [1.29, 1.82) is 0 Å². The molecule has 0 radical (unpaired) electrons. The number of aromatic nitrogens is 4. The Bertz CT molecular complexity index is 1200. The summed E-state index contributed by atoms with van der Waals surface area (Å²) >= 11 is 3.05. The largest absolute Gasteiger partial charge is 0.270 e. The zero-order valence-corrected chi connectivity index (χ0v) is 19.7. The maximum Gasteiger partial charge on any atom is 0.270 e. The molecule has 6 rings (SSSR count). The Hall–Kier alpha value is -2.32. The molecule has 0 unspecified atom stereocenters. The maximum absolute atomic E-state index is 12.2. The lowest BCUT2D eigenvalue weighted by Crippen LogP contribution is -2.21. The van der Waals surface area contributed by atoms with E-state index in [1.807, 2.05) is 32.2 Å². The molecule has 0 atom stereocenters. The third kappa shape index (κ3) is 4.30. The van der Waals surface area contributed by atoms with Crippen LogP contribution in [0, 0.1) is 0 Å². The number of fused-ring (bicyclic) bond motifs is 2. The Morgan fingerprint density at radius 3 is 1.44 bits per heavy atom. The molecular weight excluding hydrogens is 440 g/mol. The first kappa shape index (κ1) is 21.5. The Morgan fingerprint density at radius 2 is 1.06 bits per heavy atom. The first-order chi connectivity index (χ1) is 15.7. The van der Waals surface area contributed by atoms with Crippen LogP contribution in [0.15, 0.2) is 46.2 Å². The number of hydrogen-bond acceptors (Lipinski definition) is 6. The van der Waals surface area contributed by atoms with Crippen molar-refractivity contribution in [3.8, 4) is 0 Å². The van der Waals surface area contributed by atoms with Gasteiger partial charge in [-0.25, -0.2) is 9.97 Å². The topological polar surface area (TPSA) is 69.8 Å². The molecule has 8 heteroatoms. The number of hydrogen-bond donors (Lipinski definition) is 0. The molecule has 0 N–H and O–H groups in total. The van der Waals surface area contributed by atoms with Crippen LogP contribution in [0.3, 0.4) is 0 Å². The van der Waals surface area contributed by atoms with E-state index in [0.29, 0.717) is 12.1 Å². The first-order valence-corrected chi connectivity index (χ1v) is 13.2. The fourth-order valence-electron chi connectivity index (χ4n) is 4.87. The lowest BCUT2D eigenvalue weighted by molar-refractivity contribution is 0.366. The van der Waals surface area contributed by atoms with Gasteiger partial charge in [-0.3, -0.25) is 17.5 Å². The Kier molecular flexibility index (Phi) is 6.50. The van der Waals surface area contributed by atoms with Crippen LogP contribution in [0.4, 0.5) is 0 Å². The third-order valence-electron chi connectivity index (χ3n) is 6.59. The van der Waals surface area contributed by atoms with Gasteiger partial charge >= 0.3 is 0 Å². The van der Waals surface area contributed by atoms with Gasteiger partial charge in [-0.2, -0.15) is 0 Å². The van der Waals surface area contributed by atoms with Crippen molar-refractivity contribution in [3.63, 3.8) is 0 Å². The second-order valence-corrected chi connectivity index (χ2v) is 10.7. The average molecular weight is 469 g/mol. The molecule has 2 fully saturated rings. The predicted octanol–water partition coefficient (Wildman–Crippen LogP) is 5.93. The molecule has 168 valence electrons. The van der Waals surface area contributed by atoms with E-state index in [0.717, 1.165) is 46.1 Å². The van der Waals surface area contributed by atoms with Crippen LogP contribution in [0.2, 0.25) is 0 Å². The van der Waals surface area contributed by atoms with E-state index >= 15 is 0 Å². The molecule has 0 spiro atoms. The predicted molar refractivity (Wildman–Crippen MR) is 132 cm³/mol. The fourth-order valence-corrected chi connectivity index (χ4v) is 7.05. The molecule has 0 saturated heterocycles. The summed E-state index contributed by atoms with van der Waals surface area (Å²) in [5.41, 5.74) is 0.306. The van der Waals surface area contributed by atoms with Gasteiger partial charge in [0.05, 0.1) is 10.8 Å². The van der Waals surface area contributed by atoms with Gasteiger partial charge in [-0.05, 0) is 73.0 Å². The Morgan fingerprint density at radius 1 is 0.656 bits per heavy atom. The Labute approximate surface area is 194 Å². The van der Waals surface area contributed by atoms with Gasteiger partial charge in [0.2, 0.25) is 0 Å². The average Bonchev–Trinajstić information content (AvgIpc) is 3.38. The van der Waals surface area contributed by atoms with Crippen LogP contribution in [0.1, 0.15) is 76.3 Å².